The van der Waals surface area contributed by atoms with E-state index in [4.69, 9.17) is 9.47 Å². The van der Waals surface area contributed by atoms with Crippen LogP contribution in [0.25, 0.3) is 21.3 Å². The minimum Gasteiger partial charge on any atom is -0.496 e. The smallest absolute Gasteiger partial charge is 0.496 e. The number of hydrogen-bond acceptors (Lipinski definition) is 8. The number of hydrogen-bond donors (Lipinski definition) is 2. The highest BCUT2D eigenvalue weighted by atomic mass is 32.1. The molecule has 180 valence electrons. The first-order chi connectivity index (χ1) is 16.2. The average molecular weight is 495 g/mol. The molecule has 2 N–H and O–H groups in total. The van der Waals surface area contributed by atoms with Gasteiger partial charge in [0.25, 0.3) is 5.91 Å². The molecule has 0 aliphatic rings. The molecule has 0 aliphatic carbocycles. The number of rotatable bonds is 8. The molecule has 0 saturated carbocycles. The number of aryl methyl sites for hydroxylation is 1. The second kappa shape index (κ2) is 9.35. The van der Waals surface area contributed by atoms with Gasteiger partial charge in [-0.3, -0.25) is 4.79 Å². The lowest BCUT2D eigenvalue weighted by atomic mass is 10.1. The van der Waals surface area contributed by atoms with Crippen molar-refractivity contribution in [3.05, 3.63) is 35.9 Å². The lowest BCUT2D eigenvalue weighted by molar-refractivity contribution is -0.274. The van der Waals surface area contributed by atoms with Gasteiger partial charge in [-0.2, -0.15) is 0 Å². The van der Waals surface area contributed by atoms with Crippen LogP contribution in [0.3, 0.4) is 0 Å². The summed E-state index contributed by atoms with van der Waals surface area (Å²) in [6.07, 6.45) is -4.77. The predicted molar refractivity (Wildman–Crippen MR) is 121 cm³/mol. The number of methoxy groups -OCH3 is 2. The van der Waals surface area contributed by atoms with Gasteiger partial charge < -0.3 is 29.4 Å². The molecule has 9 nitrogen and oxygen atoms in total. The zero-order valence-electron chi connectivity index (χ0n) is 18.3. The number of halogens is 3. The Morgan fingerprint density at radius 3 is 2.65 bits per heavy atom. The molecule has 0 atom stereocenters. The quantitative estimate of drug-likeness (QED) is 0.353. The van der Waals surface area contributed by atoms with E-state index in [9.17, 15) is 18.0 Å². The highest BCUT2D eigenvalue weighted by molar-refractivity contribution is 7.22. The summed E-state index contributed by atoms with van der Waals surface area (Å²) in [6, 6.07) is 7.27. The maximum atomic E-state index is 12.6. The van der Waals surface area contributed by atoms with Crippen molar-refractivity contribution in [1.82, 2.24) is 19.9 Å². The standard InChI is InChI=1S/C21H20F3N5O4S/c1-29-15-10-16(32-3)12(18(30)25-6-7-31-2)9-14(15)26-19(29)28-20-27-13-5-4-11(8-17(13)34-20)33-21(22,23)24/h4-5,8-10H,6-7H2,1-3H3,(H,25,30)(H,26,27,28). The Hall–Kier alpha value is -3.58. The topological polar surface area (TPSA) is 99.5 Å². The Morgan fingerprint density at radius 2 is 1.94 bits per heavy atom. The summed E-state index contributed by atoms with van der Waals surface area (Å²) >= 11 is 1.15. The van der Waals surface area contributed by atoms with Crippen LogP contribution in [0.1, 0.15) is 10.4 Å². The fourth-order valence-corrected chi connectivity index (χ4v) is 4.18. The highest BCUT2D eigenvalue weighted by Gasteiger charge is 2.31. The van der Waals surface area contributed by atoms with Gasteiger partial charge in [0, 0.05) is 32.8 Å². The number of fused-ring (bicyclic) bond motifs is 2. The summed E-state index contributed by atoms with van der Waals surface area (Å²) < 4.78 is 54.1. The Balaban J connectivity index is 1.62. The molecule has 0 spiro atoms. The second-order valence-corrected chi connectivity index (χ2v) is 8.14. The van der Waals surface area contributed by atoms with Gasteiger partial charge in [0.15, 0.2) is 5.13 Å². The summed E-state index contributed by atoms with van der Waals surface area (Å²) in [5.41, 5.74) is 2.09. The van der Waals surface area contributed by atoms with Gasteiger partial charge in [0.2, 0.25) is 5.95 Å². The summed E-state index contributed by atoms with van der Waals surface area (Å²) in [4.78, 5) is 21.5. The number of ether oxygens (including phenoxy) is 3. The minimum atomic E-state index is -4.77. The van der Waals surface area contributed by atoms with Gasteiger partial charge in [-0.05, 0) is 18.2 Å². The number of amides is 1. The number of imidazole rings is 1. The number of thiazole rings is 1. The number of carbonyl (C=O) groups is 1. The molecule has 0 saturated heterocycles. The first-order valence-electron chi connectivity index (χ1n) is 9.93. The number of nitrogens with one attached hydrogen (secondary N) is 2. The minimum absolute atomic E-state index is 0.318. The fourth-order valence-electron chi connectivity index (χ4n) is 3.29. The van der Waals surface area contributed by atoms with Gasteiger partial charge in [0.05, 0.1) is 40.5 Å². The second-order valence-electron chi connectivity index (χ2n) is 7.11. The molecule has 2 aromatic heterocycles. The summed E-state index contributed by atoms with van der Waals surface area (Å²) in [5.74, 6) is 0.175. The average Bonchev–Trinajstić information content (AvgIpc) is 3.31. The monoisotopic (exact) mass is 495 g/mol. The third kappa shape index (κ3) is 4.99. The number of anilines is 2. The molecule has 0 fully saturated rings. The molecule has 4 aromatic rings. The Bertz CT molecular complexity index is 1350. The molecule has 13 heteroatoms. The van der Waals surface area contributed by atoms with E-state index < -0.39 is 6.36 Å². The molecular formula is C21H20F3N5O4S. The number of aromatic nitrogens is 3. The van der Waals surface area contributed by atoms with Crippen LogP contribution in [0, 0.1) is 0 Å². The molecule has 2 aromatic carbocycles. The van der Waals surface area contributed by atoms with E-state index in [1.807, 2.05) is 0 Å². The van der Waals surface area contributed by atoms with Crippen LogP contribution >= 0.6 is 11.3 Å². The van der Waals surface area contributed by atoms with Crippen molar-refractivity contribution in [1.29, 1.82) is 0 Å². The van der Waals surface area contributed by atoms with Crippen molar-refractivity contribution in [3.8, 4) is 11.5 Å². The highest BCUT2D eigenvalue weighted by Crippen LogP contribution is 2.34. The molecule has 1 amide bonds. The molecule has 4 rings (SSSR count). The van der Waals surface area contributed by atoms with Crippen molar-refractivity contribution >= 4 is 49.6 Å². The van der Waals surface area contributed by atoms with Crippen LogP contribution in [-0.2, 0) is 11.8 Å². The van der Waals surface area contributed by atoms with Crippen molar-refractivity contribution in [2.45, 2.75) is 6.36 Å². The van der Waals surface area contributed by atoms with Crippen LogP contribution in [0.4, 0.5) is 24.3 Å². The van der Waals surface area contributed by atoms with Crippen LogP contribution in [-0.4, -0.2) is 54.2 Å². The largest absolute Gasteiger partial charge is 0.573 e. The van der Waals surface area contributed by atoms with Gasteiger partial charge in [0.1, 0.15) is 11.5 Å². The van der Waals surface area contributed by atoms with Crippen LogP contribution in [0.2, 0.25) is 0 Å². The van der Waals surface area contributed by atoms with Crippen LogP contribution in [0.15, 0.2) is 30.3 Å². The zero-order valence-corrected chi connectivity index (χ0v) is 19.1. The maximum absolute atomic E-state index is 12.6. The van der Waals surface area contributed by atoms with E-state index >= 15 is 0 Å². The zero-order chi connectivity index (χ0) is 24.5. The molecule has 0 radical (unpaired) electrons. The van der Waals surface area contributed by atoms with Crippen molar-refractivity contribution in [3.63, 3.8) is 0 Å². The Morgan fingerprint density at radius 1 is 1.15 bits per heavy atom. The third-order valence-corrected chi connectivity index (χ3v) is 5.78. The molecule has 34 heavy (non-hydrogen) atoms. The van der Waals surface area contributed by atoms with E-state index in [1.165, 1.54) is 25.3 Å². The first-order valence-corrected chi connectivity index (χ1v) is 10.7. The first kappa shape index (κ1) is 23.6. The Labute approximate surface area is 195 Å². The lowest BCUT2D eigenvalue weighted by Crippen LogP contribution is -2.27. The fraction of sp³-hybridized carbons (Fsp3) is 0.286. The van der Waals surface area contributed by atoms with Gasteiger partial charge in [-0.15, -0.1) is 13.2 Å². The van der Waals surface area contributed by atoms with Crippen molar-refractivity contribution < 1.29 is 32.2 Å². The van der Waals surface area contributed by atoms with E-state index in [0.29, 0.717) is 56.8 Å². The van der Waals surface area contributed by atoms with E-state index in [-0.39, 0.29) is 11.7 Å². The summed E-state index contributed by atoms with van der Waals surface area (Å²) in [6.45, 7) is 0.721. The maximum Gasteiger partial charge on any atom is 0.573 e. The van der Waals surface area contributed by atoms with Crippen molar-refractivity contribution in [2.75, 3.05) is 32.7 Å². The third-order valence-electron chi connectivity index (χ3n) is 4.85. The molecule has 0 aliphatic heterocycles. The van der Waals surface area contributed by atoms with Crippen molar-refractivity contribution in [2.24, 2.45) is 7.05 Å². The lowest BCUT2D eigenvalue weighted by Gasteiger charge is -2.10. The summed E-state index contributed by atoms with van der Waals surface area (Å²) in [5, 5.41) is 6.27. The molecule has 0 unspecified atom stereocenters. The normalized spacial score (nSPS) is 11.7. The van der Waals surface area contributed by atoms with E-state index in [0.717, 1.165) is 11.3 Å². The van der Waals surface area contributed by atoms with Gasteiger partial charge >= 0.3 is 6.36 Å². The van der Waals surface area contributed by atoms with Gasteiger partial charge in [-0.25, -0.2) is 9.97 Å². The van der Waals surface area contributed by atoms with Crippen LogP contribution < -0.4 is 20.1 Å². The van der Waals surface area contributed by atoms with Gasteiger partial charge in [-0.1, -0.05) is 11.3 Å². The number of benzene rings is 2. The van der Waals surface area contributed by atoms with Crippen LogP contribution in [0.5, 0.6) is 11.5 Å². The molecule has 2 heterocycles. The number of carbonyl (C=O) groups excluding carboxylic acids is 1. The van der Waals surface area contributed by atoms with E-state index in [1.54, 1.807) is 30.9 Å². The molecular weight excluding hydrogens is 475 g/mol. The Kier molecular flexibility index (Phi) is 6.48. The number of alkyl halides is 3. The SMILES string of the molecule is COCCNC(=O)c1cc2nc(Nc3nc4ccc(OC(F)(F)F)cc4s3)n(C)c2cc1OC. The molecule has 0 bridgehead atoms. The summed E-state index contributed by atoms with van der Waals surface area (Å²) in [7, 11) is 4.79. The predicted octanol–water partition coefficient (Wildman–Crippen LogP) is 4.21. The number of nitrogens with zero attached hydrogens (tertiary/aromatic N) is 3. The van der Waals surface area contributed by atoms with E-state index in [2.05, 4.69) is 25.3 Å².